The van der Waals surface area contributed by atoms with Crippen molar-refractivity contribution in [1.29, 1.82) is 0 Å². The van der Waals surface area contributed by atoms with Crippen molar-refractivity contribution < 1.29 is 28.2 Å². The summed E-state index contributed by atoms with van der Waals surface area (Å²) < 4.78 is 10.2. The Morgan fingerprint density at radius 3 is 1.17 bits per heavy atom. The summed E-state index contributed by atoms with van der Waals surface area (Å²) >= 11 is 0. The standard InChI is InChI=1S/C3H9OS.HI/c1-5(2,3)4;/h1-3H3;1H/q+1;/p-1/i1+1,2+1,3+1;. The van der Waals surface area contributed by atoms with E-state index in [-0.39, 0.29) is 24.0 Å². The lowest BCUT2D eigenvalue weighted by Crippen LogP contribution is -3.00. The zero-order chi connectivity index (χ0) is 4.50. The average molecular weight is 223 g/mol. The average Bonchev–Trinajstić information content (AvgIpc) is 0.722. The number of hydrogen-bond acceptors (Lipinski definition) is 1. The highest BCUT2D eigenvalue weighted by molar-refractivity contribution is 8.00. The van der Waals surface area contributed by atoms with Gasteiger partial charge in [-0.1, -0.05) is 0 Å². The largest absolute Gasteiger partial charge is 1.00 e. The quantitative estimate of drug-likeness (QED) is 0.249. The van der Waals surface area contributed by atoms with Crippen molar-refractivity contribution in [3.8, 4) is 0 Å². The smallest absolute Gasteiger partial charge is 0.101 e. The van der Waals surface area contributed by atoms with E-state index in [0.717, 1.165) is 0 Å². The third kappa shape index (κ3) is 94.9. The van der Waals surface area contributed by atoms with Gasteiger partial charge in [-0.05, 0) is 0 Å². The number of rotatable bonds is 0. The fourth-order valence-corrected chi connectivity index (χ4v) is 0. The molecule has 0 rings (SSSR count). The SMILES string of the molecule is [13CH3][S+]([13CH3])([13CH3])=O.[I-]. The first kappa shape index (κ1) is 9.99. The summed E-state index contributed by atoms with van der Waals surface area (Å²) in [6.45, 7) is 0. The molecule has 0 bridgehead atoms. The van der Waals surface area contributed by atoms with Crippen LogP contribution in [-0.2, 0) is 14.1 Å². The van der Waals surface area contributed by atoms with Gasteiger partial charge in [0.15, 0.2) is 0 Å². The summed E-state index contributed by atoms with van der Waals surface area (Å²) in [7, 11) is -1.42. The van der Waals surface area contributed by atoms with Gasteiger partial charge in [0.1, 0.15) is 18.8 Å². The molecule has 0 aromatic rings. The lowest BCUT2D eigenvalue weighted by Gasteiger charge is -1.80. The monoisotopic (exact) mass is 223 g/mol. The van der Waals surface area contributed by atoms with Crippen LogP contribution in [0.5, 0.6) is 0 Å². The normalized spacial score (nSPS) is 9.83. The van der Waals surface area contributed by atoms with Crippen LogP contribution in [0.15, 0.2) is 0 Å². The highest BCUT2D eigenvalue weighted by Crippen LogP contribution is 1.78. The van der Waals surface area contributed by atoms with Gasteiger partial charge in [-0.2, -0.15) is 0 Å². The lowest BCUT2D eigenvalue weighted by atomic mass is 12.8. The van der Waals surface area contributed by atoms with E-state index in [2.05, 4.69) is 0 Å². The van der Waals surface area contributed by atoms with E-state index >= 15 is 0 Å². The van der Waals surface area contributed by atoms with Crippen molar-refractivity contribution in [2.24, 2.45) is 0 Å². The third-order valence-corrected chi connectivity index (χ3v) is 0. The minimum atomic E-state index is -1.42. The summed E-state index contributed by atoms with van der Waals surface area (Å²) in [5.41, 5.74) is 0. The van der Waals surface area contributed by atoms with Gasteiger partial charge in [0.05, 0.1) is 9.93 Å². The van der Waals surface area contributed by atoms with E-state index in [1.54, 1.807) is 18.8 Å². The Balaban J connectivity index is 0. The van der Waals surface area contributed by atoms with Crippen LogP contribution in [0, 0.1) is 0 Å². The molecule has 0 aliphatic rings. The van der Waals surface area contributed by atoms with Crippen LogP contribution in [-0.4, -0.2) is 18.8 Å². The van der Waals surface area contributed by atoms with Gasteiger partial charge in [0.25, 0.3) is 0 Å². The fourth-order valence-electron chi connectivity index (χ4n) is 0. The van der Waals surface area contributed by atoms with Gasteiger partial charge in [-0.15, -0.1) is 4.21 Å². The summed E-state index contributed by atoms with van der Waals surface area (Å²) in [5, 5.41) is 0. The highest BCUT2D eigenvalue weighted by Gasteiger charge is 1.95. The maximum atomic E-state index is 10.2. The van der Waals surface area contributed by atoms with Crippen molar-refractivity contribution >= 4 is 9.93 Å². The minimum absolute atomic E-state index is 0. The predicted molar refractivity (Wildman–Crippen MR) is 25.8 cm³/mol. The first-order valence-corrected chi connectivity index (χ1v) is 4.17. The Morgan fingerprint density at radius 2 is 1.17 bits per heavy atom. The molecule has 6 heavy (non-hydrogen) atoms. The molecule has 0 saturated carbocycles. The van der Waals surface area contributed by atoms with E-state index in [4.69, 9.17) is 0 Å². The highest BCUT2D eigenvalue weighted by atomic mass is 127. The molecule has 0 spiro atoms. The van der Waals surface area contributed by atoms with Crippen molar-refractivity contribution in [1.82, 2.24) is 0 Å². The molecule has 0 aliphatic heterocycles. The molecule has 0 fully saturated rings. The van der Waals surface area contributed by atoms with Crippen LogP contribution in [0.4, 0.5) is 0 Å². The summed E-state index contributed by atoms with van der Waals surface area (Å²) in [4.78, 5) is 0. The Labute approximate surface area is 57.0 Å². The third-order valence-electron chi connectivity index (χ3n) is 0. The Hall–Kier alpha value is 0.880. The maximum absolute atomic E-state index is 10.2. The second kappa shape index (κ2) is 2.96. The van der Waals surface area contributed by atoms with Gasteiger partial charge in [0.2, 0.25) is 0 Å². The van der Waals surface area contributed by atoms with Gasteiger partial charge in [0, 0.05) is 0 Å². The van der Waals surface area contributed by atoms with Crippen molar-refractivity contribution in [3.05, 3.63) is 0 Å². The van der Waals surface area contributed by atoms with Gasteiger partial charge >= 0.3 is 0 Å². The van der Waals surface area contributed by atoms with E-state index in [9.17, 15) is 4.21 Å². The molecule has 0 unspecified atom stereocenters. The molecule has 0 heterocycles. The van der Waals surface area contributed by atoms with Crippen LogP contribution in [0.1, 0.15) is 0 Å². The molecule has 1 nitrogen and oxygen atoms in total. The van der Waals surface area contributed by atoms with E-state index in [1.165, 1.54) is 0 Å². The second-order valence-corrected chi connectivity index (χ2v) is 5.17. The molecule has 3 heteroatoms. The molecule has 0 radical (unpaired) electrons. The van der Waals surface area contributed by atoms with Crippen LogP contribution >= 0.6 is 0 Å². The number of hydrogen-bond donors (Lipinski definition) is 0. The Bertz CT molecular complexity index is 56.9. The van der Waals surface area contributed by atoms with Crippen LogP contribution in [0.25, 0.3) is 0 Å². The zero-order valence-electron chi connectivity index (χ0n) is 4.19. The lowest BCUT2D eigenvalue weighted by molar-refractivity contribution is -0.00000277. The van der Waals surface area contributed by atoms with E-state index in [0.29, 0.717) is 0 Å². The molecule has 0 aromatic heterocycles. The maximum Gasteiger partial charge on any atom is 0.101 e. The Morgan fingerprint density at radius 1 is 1.17 bits per heavy atom. The first-order chi connectivity index (χ1) is 2.00. The van der Waals surface area contributed by atoms with E-state index < -0.39 is 9.93 Å². The van der Waals surface area contributed by atoms with Gasteiger partial charge in [-0.25, -0.2) is 0 Å². The van der Waals surface area contributed by atoms with Crippen LogP contribution in [0.2, 0.25) is 0 Å². The van der Waals surface area contributed by atoms with Crippen molar-refractivity contribution in [2.45, 2.75) is 0 Å². The molecule has 0 aromatic carbocycles. The summed E-state index contributed by atoms with van der Waals surface area (Å²) in [6, 6.07) is 0. The number of halogens is 1. The molecule has 0 amide bonds. The molecule has 40 valence electrons. The van der Waals surface area contributed by atoms with Gasteiger partial charge < -0.3 is 24.0 Å². The van der Waals surface area contributed by atoms with Crippen LogP contribution < -0.4 is 24.0 Å². The molecular formula is C3H9IOS. The minimum Gasteiger partial charge on any atom is -1.00 e. The van der Waals surface area contributed by atoms with Gasteiger partial charge in [-0.3, -0.25) is 0 Å². The Kier molecular flexibility index (Phi) is 4.92. The molecule has 0 aliphatic carbocycles. The predicted octanol–water partition coefficient (Wildman–Crippen LogP) is -2.62. The van der Waals surface area contributed by atoms with Crippen molar-refractivity contribution in [3.63, 3.8) is 0 Å². The topological polar surface area (TPSA) is 17.1 Å². The molecular weight excluding hydrogens is 214 g/mol. The zero-order valence-corrected chi connectivity index (χ0v) is 7.17. The second-order valence-electron chi connectivity index (χ2n) is 1.72. The van der Waals surface area contributed by atoms with Crippen LogP contribution in [0.3, 0.4) is 0 Å². The van der Waals surface area contributed by atoms with Crippen molar-refractivity contribution in [2.75, 3.05) is 18.8 Å². The molecule has 0 N–H and O–H groups in total. The molecule has 0 atom stereocenters. The molecule has 0 saturated heterocycles. The van der Waals surface area contributed by atoms with E-state index in [1.807, 2.05) is 0 Å². The summed E-state index contributed by atoms with van der Waals surface area (Å²) in [6.07, 6.45) is 5.15. The summed E-state index contributed by atoms with van der Waals surface area (Å²) in [5.74, 6) is 0. The first-order valence-electron chi connectivity index (χ1n) is 1.39. The fraction of sp³-hybridized carbons (Fsp3) is 1.00.